The van der Waals surface area contributed by atoms with Gasteiger partial charge in [0.05, 0.1) is 12.9 Å². The number of amides is 1. The Morgan fingerprint density at radius 1 is 1.10 bits per heavy atom. The van der Waals surface area contributed by atoms with Gasteiger partial charge in [-0.2, -0.15) is 0 Å². The fraction of sp³-hybridized carbons (Fsp3) is 0.318. The van der Waals surface area contributed by atoms with Crippen LogP contribution in [0.1, 0.15) is 38.7 Å². The van der Waals surface area contributed by atoms with Gasteiger partial charge in [0.15, 0.2) is 28.6 Å². The SMILES string of the molecule is COc1ccccc1OC(C)c1nnc(SCC(=O)Nc2ccc(F)cc2)n1C(C)C. The van der Waals surface area contributed by atoms with Crippen LogP contribution in [-0.4, -0.2) is 33.5 Å². The summed E-state index contributed by atoms with van der Waals surface area (Å²) in [6, 6.07) is 13.1. The first-order valence-electron chi connectivity index (χ1n) is 9.81. The third kappa shape index (κ3) is 5.75. The number of methoxy groups -OCH3 is 1. The van der Waals surface area contributed by atoms with Crippen LogP contribution in [0.25, 0.3) is 0 Å². The Kier molecular flexibility index (Phi) is 7.51. The molecule has 1 heterocycles. The van der Waals surface area contributed by atoms with Crippen LogP contribution in [0.3, 0.4) is 0 Å². The van der Waals surface area contributed by atoms with E-state index in [1.54, 1.807) is 7.11 Å². The molecule has 0 saturated carbocycles. The predicted molar refractivity (Wildman–Crippen MR) is 118 cm³/mol. The summed E-state index contributed by atoms with van der Waals surface area (Å²) < 4.78 is 26.4. The molecule has 0 bridgehead atoms. The van der Waals surface area contributed by atoms with Gasteiger partial charge in [0, 0.05) is 11.7 Å². The van der Waals surface area contributed by atoms with Gasteiger partial charge in [-0.1, -0.05) is 23.9 Å². The summed E-state index contributed by atoms with van der Waals surface area (Å²) in [7, 11) is 1.59. The highest BCUT2D eigenvalue weighted by atomic mass is 32.2. The number of aromatic nitrogens is 3. The van der Waals surface area contributed by atoms with E-state index < -0.39 is 0 Å². The van der Waals surface area contributed by atoms with E-state index in [0.717, 1.165) is 0 Å². The molecule has 0 fully saturated rings. The number of para-hydroxylation sites is 2. The maximum atomic E-state index is 13.0. The molecule has 0 aliphatic carbocycles. The number of halogens is 1. The van der Waals surface area contributed by atoms with Crippen molar-refractivity contribution >= 4 is 23.4 Å². The molecule has 0 spiro atoms. The van der Waals surface area contributed by atoms with Crippen molar-refractivity contribution in [3.63, 3.8) is 0 Å². The van der Waals surface area contributed by atoms with E-state index in [1.807, 2.05) is 49.6 Å². The molecule has 1 amide bonds. The van der Waals surface area contributed by atoms with Crippen molar-refractivity contribution in [3.05, 3.63) is 60.2 Å². The molecule has 3 aromatic rings. The molecule has 9 heteroatoms. The van der Waals surface area contributed by atoms with Crippen LogP contribution in [0, 0.1) is 5.82 Å². The van der Waals surface area contributed by atoms with E-state index in [2.05, 4.69) is 15.5 Å². The van der Waals surface area contributed by atoms with Gasteiger partial charge in [-0.3, -0.25) is 4.79 Å². The third-order valence-electron chi connectivity index (χ3n) is 4.40. The molecule has 1 atom stereocenters. The number of benzene rings is 2. The number of nitrogens with one attached hydrogen (secondary N) is 1. The number of nitrogens with zero attached hydrogens (tertiary/aromatic N) is 3. The van der Waals surface area contributed by atoms with Crippen LogP contribution in [0.4, 0.5) is 10.1 Å². The molecule has 1 unspecified atom stereocenters. The van der Waals surface area contributed by atoms with E-state index >= 15 is 0 Å². The predicted octanol–water partition coefficient (Wildman–Crippen LogP) is 4.88. The second-order valence-electron chi connectivity index (χ2n) is 7.06. The number of anilines is 1. The van der Waals surface area contributed by atoms with Crippen LogP contribution in [-0.2, 0) is 4.79 Å². The molecule has 3 rings (SSSR count). The Hall–Kier alpha value is -3.07. The van der Waals surface area contributed by atoms with Gasteiger partial charge in [-0.15, -0.1) is 10.2 Å². The molecular formula is C22H25FN4O3S. The quantitative estimate of drug-likeness (QED) is 0.474. The maximum absolute atomic E-state index is 13.0. The lowest BCUT2D eigenvalue weighted by atomic mass is 10.3. The van der Waals surface area contributed by atoms with Crippen molar-refractivity contribution in [1.82, 2.24) is 14.8 Å². The zero-order valence-corrected chi connectivity index (χ0v) is 18.6. The van der Waals surface area contributed by atoms with Crippen molar-refractivity contribution in [2.45, 2.75) is 38.1 Å². The summed E-state index contributed by atoms with van der Waals surface area (Å²) in [5, 5.41) is 11.9. The van der Waals surface area contributed by atoms with Crippen molar-refractivity contribution in [2.24, 2.45) is 0 Å². The van der Waals surface area contributed by atoms with E-state index in [9.17, 15) is 9.18 Å². The molecule has 7 nitrogen and oxygen atoms in total. The lowest BCUT2D eigenvalue weighted by Gasteiger charge is -2.19. The van der Waals surface area contributed by atoms with E-state index in [-0.39, 0.29) is 29.6 Å². The van der Waals surface area contributed by atoms with E-state index in [0.29, 0.717) is 28.2 Å². The lowest BCUT2D eigenvalue weighted by Crippen LogP contribution is -2.16. The van der Waals surface area contributed by atoms with Crippen LogP contribution < -0.4 is 14.8 Å². The summed E-state index contributed by atoms with van der Waals surface area (Å²) in [5.41, 5.74) is 0.539. The minimum atomic E-state index is -0.381. The molecule has 164 valence electrons. The number of thioether (sulfide) groups is 1. The van der Waals surface area contributed by atoms with Gasteiger partial charge in [-0.05, 0) is 57.2 Å². The summed E-state index contributed by atoms with van der Waals surface area (Å²) in [4.78, 5) is 12.3. The zero-order chi connectivity index (χ0) is 22.4. The lowest BCUT2D eigenvalue weighted by molar-refractivity contribution is -0.113. The Balaban J connectivity index is 1.69. The Labute approximate surface area is 185 Å². The molecule has 1 aromatic heterocycles. The smallest absolute Gasteiger partial charge is 0.234 e. The highest BCUT2D eigenvalue weighted by molar-refractivity contribution is 7.99. The molecule has 1 N–H and O–H groups in total. The molecule has 0 aliphatic heterocycles. The van der Waals surface area contributed by atoms with Crippen LogP contribution in [0.2, 0.25) is 0 Å². The highest BCUT2D eigenvalue weighted by Crippen LogP contribution is 2.32. The van der Waals surface area contributed by atoms with Crippen molar-refractivity contribution in [2.75, 3.05) is 18.2 Å². The van der Waals surface area contributed by atoms with Crippen molar-refractivity contribution < 1.29 is 18.7 Å². The number of hydrogen-bond acceptors (Lipinski definition) is 6. The Morgan fingerprint density at radius 2 is 1.77 bits per heavy atom. The van der Waals surface area contributed by atoms with Gasteiger partial charge in [0.25, 0.3) is 0 Å². The van der Waals surface area contributed by atoms with Gasteiger partial charge in [0.1, 0.15) is 5.82 Å². The topological polar surface area (TPSA) is 78.3 Å². The first-order valence-corrected chi connectivity index (χ1v) is 10.8. The van der Waals surface area contributed by atoms with Crippen LogP contribution in [0.5, 0.6) is 11.5 Å². The first-order chi connectivity index (χ1) is 14.9. The van der Waals surface area contributed by atoms with Crippen LogP contribution >= 0.6 is 11.8 Å². The Morgan fingerprint density at radius 3 is 2.42 bits per heavy atom. The first kappa shape index (κ1) is 22.6. The number of carbonyl (C=O) groups excluding carboxylic acids is 1. The average Bonchev–Trinajstić information content (AvgIpc) is 3.19. The van der Waals surface area contributed by atoms with E-state index in [4.69, 9.17) is 9.47 Å². The largest absolute Gasteiger partial charge is 0.493 e. The Bertz CT molecular complexity index is 1020. The third-order valence-corrected chi connectivity index (χ3v) is 5.35. The normalized spacial score (nSPS) is 11.9. The monoisotopic (exact) mass is 444 g/mol. The second kappa shape index (κ2) is 10.3. The summed E-state index contributed by atoms with van der Waals surface area (Å²) in [6.07, 6.45) is -0.381. The minimum Gasteiger partial charge on any atom is -0.493 e. The molecular weight excluding hydrogens is 419 g/mol. The molecule has 0 radical (unpaired) electrons. The molecule has 0 aliphatic rings. The van der Waals surface area contributed by atoms with Gasteiger partial charge in [0.2, 0.25) is 5.91 Å². The summed E-state index contributed by atoms with van der Waals surface area (Å²) in [6.45, 7) is 5.93. The highest BCUT2D eigenvalue weighted by Gasteiger charge is 2.23. The summed E-state index contributed by atoms with van der Waals surface area (Å²) in [5.74, 6) is 1.48. The van der Waals surface area contributed by atoms with Gasteiger partial charge < -0.3 is 19.4 Å². The zero-order valence-electron chi connectivity index (χ0n) is 17.8. The maximum Gasteiger partial charge on any atom is 0.234 e. The molecule has 2 aromatic carbocycles. The standard InChI is InChI=1S/C22H25FN4O3S/c1-14(2)27-21(15(3)30-19-8-6-5-7-18(19)29-4)25-26-22(27)31-13-20(28)24-17-11-9-16(23)10-12-17/h5-12,14-15H,13H2,1-4H3,(H,24,28). The number of carbonyl (C=O) groups is 1. The fourth-order valence-corrected chi connectivity index (χ4v) is 3.84. The van der Waals surface area contributed by atoms with Crippen molar-refractivity contribution in [3.8, 4) is 11.5 Å². The number of hydrogen-bond donors (Lipinski definition) is 1. The summed E-state index contributed by atoms with van der Waals surface area (Å²) >= 11 is 1.28. The van der Waals surface area contributed by atoms with E-state index in [1.165, 1.54) is 36.0 Å². The molecule has 0 saturated heterocycles. The van der Waals surface area contributed by atoms with Gasteiger partial charge in [-0.25, -0.2) is 4.39 Å². The average molecular weight is 445 g/mol. The number of ether oxygens (including phenoxy) is 2. The van der Waals surface area contributed by atoms with Gasteiger partial charge >= 0.3 is 0 Å². The second-order valence-corrected chi connectivity index (χ2v) is 8.00. The number of rotatable bonds is 9. The fourth-order valence-electron chi connectivity index (χ4n) is 2.97. The van der Waals surface area contributed by atoms with Crippen molar-refractivity contribution in [1.29, 1.82) is 0 Å². The molecule has 31 heavy (non-hydrogen) atoms. The minimum absolute atomic E-state index is 0.0661. The van der Waals surface area contributed by atoms with Crippen LogP contribution in [0.15, 0.2) is 53.7 Å².